The van der Waals surface area contributed by atoms with Crippen molar-refractivity contribution >= 4 is 39.2 Å². The van der Waals surface area contributed by atoms with Crippen molar-refractivity contribution in [3.05, 3.63) is 63.1 Å². The van der Waals surface area contributed by atoms with Gasteiger partial charge in [0.15, 0.2) is 0 Å². The summed E-state index contributed by atoms with van der Waals surface area (Å²) in [6.45, 7) is 0.158. The summed E-state index contributed by atoms with van der Waals surface area (Å²) in [7, 11) is 0. The minimum Gasteiger partial charge on any atom is -0.457 e. The van der Waals surface area contributed by atoms with Crippen LogP contribution in [0.15, 0.2) is 46.9 Å². The molecule has 0 saturated heterocycles. The number of carbonyl (C=O) groups excluding carboxylic acids is 1. The molecule has 0 spiro atoms. The van der Waals surface area contributed by atoms with Crippen LogP contribution in [-0.4, -0.2) is 5.97 Å². The van der Waals surface area contributed by atoms with Crippen LogP contribution in [0.4, 0.5) is 5.69 Å². The molecule has 0 atom stereocenters. The van der Waals surface area contributed by atoms with Gasteiger partial charge >= 0.3 is 5.97 Å². The van der Waals surface area contributed by atoms with Gasteiger partial charge in [-0.1, -0.05) is 39.7 Å². The summed E-state index contributed by atoms with van der Waals surface area (Å²) in [5.74, 6) is -0.459. The normalized spacial score (nSPS) is 10.2. The number of carbonyl (C=O) groups is 1. The maximum Gasteiger partial charge on any atom is 0.340 e. The van der Waals surface area contributed by atoms with Crippen LogP contribution in [0.2, 0.25) is 5.02 Å². The fourth-order valence-electron chi connectivity index (χ4n) is 1.56. The lowest BCUT2D eigenvalue weighted by atomic mass is 10.2. The number of anilines is 1. The third-order valence-corrected chi connectivity index (χ3v) is 3.22. The molecule has 0 aliphatic heterocycles. The van der Waals surface area contributed by atoms with E-state index in [0.717, 1.165) is 10.0 Å². The number of hydrogen-bond donors (Lipinski definition) is 1. The van der Waals surface area contributed by atoms with Gasteiger partial charge in [0.05, 0.1) is 5.56 Å². The van der Waals surface area contributed by atoms with Crippen LogP contribution < -0.4 is 5.73 Å². The number of rotatable bonds is 3. The summed E-state index contributed by atoms with van der Waals surface area (Å²) >= 11 is 9.15. The molecule has 2 rings (SSSR count). The molecule has 2 N–H and O–H groups in total. The zero-order chi connectivity index (χ0) is 13.8. The summed E-state index contributed by atoms with van der Waals surface area (Å²) in [6.07, 6.45) is 0. The van der Waals surface area contributed by atoms with Crippen LogP contribution in [0.5, 0.6) is 0 Å². The second-order valence-corrected chi connectivity index (χ2v) is 5.29. The van der Waals surface area contributed by atoms with E-state index in [2.05, 4.69) is 15.9 Å². The van der Waals surface area contributed by atoms with Gasteiger partial charge in [-0.3, -0.25) is 0 Å². The van der Waals surface area contributed by atoms with E-state index in [1.54, 1.807) is 36.4 Å². The lowest BCUT2D eigenvalue weighted by Crippen LogP contribution is -2.08. The van der Waals surface area contributed by atoms with Gasteiger partial charge in [0, 0.05) is 15.2 Å². The average molecular weight is 341 g/mol. The molecule has 0 unspecified atom stereocenters. The molecule has 0 saturated carbocycles. The Kier molecular flexibility index (Phi) is 4.45. The fourth-order valence-corrected chi connectivity index (χ4v) is 2.13. The summed E-state index contributed by atoms with van der Waals surface area (Å²) in [5.41, 5.74) is 7.30. The Bertz CT molecular complexity index is 616. The quantitative estimate of drug-likeness (QED) is 0.677. The van der Waals surface area contributed by atoms with Crippen LogP contribution in [0.25, 0.3) is 0 Å². The first-order valence-corrected chi connectivity index (χ1v) is 6.70. The zero-order valence-electron chi connectivity index (χ0n) is 9.90. The van der Waals surface area contributed by atoms with Gasteiger partial charge in [0.2, 0.25) is 0 Å². The van der Waals surface area contributed by atoms with E-state index in [9.17, 15) is 4.79 Å². The molecule has 2 aromatic carbocycles. The Hall–Kier alpha value is -1.52. The minimum absolute atomic E-state index is 0.158. The van der Waals surface area contributed by atoms with Gasteiger partial charge < -0.3 is 10.5 Å². The molecule has 0 bridgehead atoms. The highest BCUT2D eigenvalue weighted by molar-refractivity contribution is 9.10. The van der Waals surface area contributed by atoms with E-state index in [-0.39, 0.29) is 6.61 Å². The van der Waals surface area contributed by atoms with Crippen LogP contribution in [-0.2, 0) is 11.3 Å². The van der Waals surface area contributed by atoms with Gasteiger partial charge in [-0.05, 0) is 35.9 Å². The highest BCUT2D eigenvalue weighted by Gasteiger charge is 2.11. The first kappa shape index (κ1) is 13.9. The number of halogens is 2. The predicted molar refractivity (Wildman–Crippen MR) is 79.1 cm³/mol. The number of nitrogens with two attached hydrogens (primary N) is 1. The van der Waals surface area contributed by atoms with E-state index >= 15 is 0 Å². The summed E-state index contributed by atoms with van der Waals surface area (Å²) in [6, 6.07) is 12.2. The number of benzene rings is 2. The predicted octanol–water partition coefficient (Wildman–Crippen LogP) is 4.04. The average Bonchev–Trinajstić information content (AvgIpc) is 2.39. The molecule has 0 aliphatic carbocycles. The standard InChI is InChI=1S/C14H11BrClNO2/c15-10-4-5-13(17)12(7-10)14(18)19-8-9-2-1-3-11(16)6-9/h1-7H,8,17H2. The molecule has 0 amide bonds. The van der Waals surface area contributed by atoms with E-state index in [1.165, 1.54) is 0 Å². The van der Waals surface area contributed by atoms with Gasteiger partial charge in [0.25, 0.3) is 0 Å². The Morgan fingerprint density at radius 1 is 1.26 bits per heavy atom. The second-order valence-electron chi connectivity index (χ2n) is 3.94. The summed E-state index contributed by atoms with van der Waals surface area (Å²) in [5, 5.41) is 0.607. The van der Waals surface area contributed by atoms with Crippen LogP contribution in [0.1, 0.15) is 15.9 Å². The van der Waals surface area contributed by atoms with E-state index in [4.69, 9.17) is 22.1 Å². The van der Waals surface area contributed by atoms with E-state index in [0.29, 0.717) is 16.3 Å². The van der Waals surface area contributed by atoms with Crippen molar-refractivity contribution in [2.75, 3.05) is 5.73 Å². The molecule has 0 radical (unpaired) electrons. The number of ether oxygens (including phenoxy) is 1. The lowest BCUT2D eigenvalue weighted by Gasteiger charge is -2.07. The highest BCUT2D eigenvalue weighted by atomic mass is 79.9. The molecule has 3 nitrogen and oxygen atoms in total. The van der Waals surface area contributed by atoms with Gasteiger partial charge in [-0.25, -0.2) is 4.79 Å². The highest BCUT2D eigenvalue weighted by Crippen LogP contribution is 2.20. The van der Waals surface area contributed by atoms with Crippen LogP contribution in [0.3, 0.4) is 0 Å². The Labute approximate surface area is 124 Å². The van der Waals surface area contributed by atoms with Crippen molar-refractivity contribution in [2.24, 2.45) is 0 Å². The first-order valence-electron chi connectivity index (χ1n) is 5.53. The molecular weight excluding hydrogens is 330 g/mol. The number of esters is 1. The molecule has 5 heteroatoms. The van der Waals surface area contributed by atoms with Crippen molar-refractivity contribution in [1.29, 1.82) is 0 Å². The Morgan fingerprint density at radius 3 is 2.79 bits per heavy atom. The fraction of sp³-hybridized carbons (Fsp3) is 0.0714. The number of hydrogen-bond acceptors (Lipinski definition) is 3. The third kappa shape index (κ3) is 3.72. The SMILES string of the molecule is Nc1ccc(Br)cc1C(=O)OCc1cccc(Cl)c1. The molecule has 2 aromatic rings. The molecule has 98 valence electrons. The van der Waals surface area contributed by atoms with Crippen molar-refractivity contribution in [1.82, 2.24) is 0 Å². The Balaban J connectivity index is 2.07. The topological polar surface area (TPSA) is 52.3 Å². The lowest BCUT2D eigenvalue weighted by molar-refractivity contribution is 0.0474. The second kappa shape index (κ2) is 6.08. The maximum atomic E-state index is 11.9. The summed E-state index contributed by atoms with van der Waals surface area (Å²) in [4.78, 5) is 11.9. The van der Waals surface area contributed by atoms with Crippen molar-refractivity contribution < 1.29 is 9.53 Å². The monoisotopic (exact) mass is 339 g/mol. The van der Waals surface area contributed by atoms with Gasteiger partial charge in [-0.2, -0.15) is 0 Å². The van der Waals surface area contributed by atoms with Crippen LogP contribution in [0, 0.1) is 0 Å². The number of nitrogen functional groups attached to an aromatic ring is 1. The van der Waals surface area contributed by atoms with E-state index in [1.807, 2.05) is 6.07 Å². The zero-order valence-corrected chi connectivity index (χ0v) is 12.2. The summed E-state index contributed by atoms with van der Waals surface area (Å²) < 4.78 is 5.98. The molecular formula is C14H11BrClNO2. The van der Waals surface area contributed by atoms with Gasteiger partial charge in [0.1, 0.15) is 6.61 Å². The molecule has 0 fully saturated rings. The van der Waals surface area contributed by atoms with E-state index < -0.39 is 5.97 Å². The van der Waals surface area contributed by atoms with Crippen molar-refractivity contribution in [3.63, 3.8) is 0 Å². The maximum absolute atomic E-state index is 11.9. The smallest absolute Gasteiger partial charge is 0.340 e. The van der Waals surface area contributed by atoms with Gasteiger partial charge in [-0.15, -0.1) is 0 Å². The molecule has 19 heavy (non-hydrogen) atoms. The van der Waals surface area contributed by atoms with Crippen molar-refractivity contribution in [2.45, 2.75) is 6.61 Å². The molecule has 0 aliphatic rings. The van der Waals surface area contributed by atoms with Crippen LogP contribution >= 0.6 is 27.5 Å². The molecule has 0 aromatic heterocycles. The largest absolute Gasteiger partial charge is 0.457 e. The third-order valence-electron chi connectivity index (χ3n) is 2.49. The molecule has 0 heterocycles. The Morgan fingerprint density at radius 2 is 2.05 bits per heavy atom. The minimum atomic E-state index is -0.459. The van der Waals surface area contributed by atoms with Crippen molar-refractivity contribution in [3.8, 4) is 0 Å². The first-order chi connectivity index (χ1) is 9.06.